The van der Waals surface area contributed by atoms with Crippen LogP contribution in [0.3, 0.4) is 0 Å². The number of hydrogen-bond donors (Lipinski definition) is 1. The Balaban J connectivity index is 2.97. The Morgan fingerprint density at radius 2 is 2.00 bits per heavy atom. The van der Waals surface area contributed by atoms with E-state index in [1.165, 1.54) is 0 Å². The molecule has 0 aliphatic heterocycles. The maximum atomic E-state index is 11.8. The van der Waals surface area contributed by atoms with Crippen molar-refractivity contribution < 1.29 is 8.42 Å². The lowest BCUT2D eigenvalue weighted by Crippen LogP contribution is -2.15. The summed E-state index contributed by atoms with van der Waals surface area (Å²) in [5, 5.41) is 0.410. The van der Waals surface area contributed by atoms with Gasteiger partial charge in [0.1, 0.15) is 0 Å². The molecule has 0 bridgehead atoms. The molecule has 0 aliphatic rings. The van der Waals surface area contributed by atoms with Crippen molar-refractivity contribution in [1.29, 1.82) is 0 Å². The van der Waals surface area contributed by atoms with Crippen LogP contribution in [-0.2, 0) is 15.6 Å². The van der Waals surface area contributed by atoms with Gasteiger partial charge in [-0.25, -0.2) is 8.42 Å². The van der Waals surface area contributed by atoms with Crippen LogP contribution in [0, 0.1) is 5.92 Å². The van der Waals surface area contributed by atoms with Crippen LogP contribution in [0.2, 0.25) is 5.02 Å². The monoisotopic (exact) mass is 261 g/mol. The third-order valence-electron chi connectivity index (χ3n) is 2.11. The van der Waals surface area contributed by atoms with E-state index in [0.717, 1.165) is 0 Å². The molecule has 2 N–H and O–H groups in total. The molecule has 0 heterocycles. The largest absolute Gasteiger partial charge is 0.398 e. The number of rotatable bonds is 4. The fraction of sp³-hybridized carbons (Fsp3) is 0.455. The fourth-order valence-electron chi connectivity index (χ4n) is 1.51. The second kappa shape index (κ2) is 5.06. The Morgan fingerprint density at radius 3 is 2.50 bits per heavy atom. The van der Waals surface area contributed by atoms with E-state index in [1.54, 1.807) is 18.2 Å². The normalized spacial score (nSPS) is 12.0. The average Bonchev–Trinajstić information content (AvgIpc) is 2.09. The number of halogens is 1. The summed E-state index contributed by atoms with van der Waals surface area (Å²) in [6, 6.07) is 5.01. The molecule has 5 heteroatoms. The molecule has 0 amide bonds. The van der Waals surface area contributed by atoms with E-state index in [4.69, 9.17) is 17.3 Å². The van der Waals surface area contributed by atoms with E-state index < -0.39 is 9.84 Å². The van der Waals surface area contributed by atoms with E-state index >= 15 is 0 Å². The minimum Gasteiger partial charge on any atom is -0.398 e. The first kappa shape index (κ1) is 13.3. The lowest BCUT2D eigenvalue weighted by Gasteiger charge is -2.10. The van der Waals surface area contributed by atoms with E-state index in [0.29, 0.717) is 16.3 Å². The predicted octanol–water partition coefficient (Wildman–Crippen LogP) is 2.49. The molecule has 1 aromatic rings. The zero-order valence-electron chi connectivity index (χ0n) is 9.40. The van der Waals surface area contributed by atoms with Gasteiger partial charge >= 0.3 is 0 Å². The van der Waals surface area contributed by atoms with Crippen LogP contribution in [-0.4, -0.2) is 14.2 Å². The van der Waals surface area contributed by atoms with Crippen molar-refractivity contribution in [2.75, 3.05) is 11.5 Å². The molecule has 90 valence electrons. The first-order chi connectivity index (χ1) is 7.32. The molecule has 0 spiro atoms. The molecule has 1 rings (SSSR count). The van der Waals surface area contributed by atoms with Crippen LogP contribution in [0.25, 0.3) is 0 Å². The molecule has 0 saturated heterocycles. The quantitative estimate of drug-likeness (QED) is 0.847. The smallest absolute Gasteiger partial charge is 0.154 e. The highest BCUT2D eigenvalue weighted by Crippen LogP contribution is 2.24. The number of nitrogen functional groups attached to an aromatic ring is 1. The second-order valence-corrected chi connectivity index (χ2v) is 6.77. The van der Waals surface area contributed by atoms with Crippen LogP contribution >= 0.6 is 11.6 Å². The van der Waals surface area contributed by atoms with Gasteiger partial charge in [-0.3, -0.25) is 0 Å². The molecule has 3 nitrogen and oxygen atoms in total. The van der Waals surface area contributed by atoms with Gasteiger partial charge in [0.25, 0.3) is 0 Å². The number of sulfone groups is 1. The fourth-order valence-corrected chi connectivity index (χ4v) is 3.74. The first-order valence-corrected chi connectivity index (χ1v) is 7.25. The third kappa shape index (κ3) is 3.68. The van der Waals surface area contributed by atoms with Crippen LogP contribution in [0.15, 0.2) is 18.2 Å². The standard InChI is InChI=1S/C11H16ClNO2S/c1-8(2)6-16(14,15)7-9-10(12)4-3-5-11(9)13/h3-5,8H,6-7,13H2,1-2H3. The molecule has 0 unspecified atom stereocenters. The highest BCUT2D eigenvalue weighted by Gasteiger charge is 2.17. The topological polar surface area (TPSA) is 60.2 Å². The lowest BCUT2D eigenvalue weighted by molar-refractivity contribution is 0.581. The van der Waals surface area contributed by atoms with Crippen molar-refractivity contribution in [3.63, 3.8) is 0 Å². The van der Waals surface area contributed by atoms with Gasteiger partial charge in [-0.15, -0.1) is 0 Å². The lowest BCUT2D eigenvalue weighted by atomic mass is 10.2. The Labute approximate surface area is 102 Å². The Bertz CT molecular complexity index is 449. The molecule has 0 saturated carbocycles. The van der Waals surface area contributed by atoms with E-state index in [2.05, 4.69) is 0 Å². The van der Waals surface area contributed by atoms with Gasteiger partial charge < -0.3 is 5.73 Å². The van der Waals surface area contributed by atoms with Crippen LogP contribution in [0.5, 0.6) is 0 Å². The highest BCUT2D eigenvalue weighted by atomic mass is 35.5. The number of nitrogens with two attached hydrogens (primary N) is 1. The molecular weight excluding hydrogens is 246 g/mol. The van der Waals surface area contributed by atoms with Crippen molar-refractivity contribution in [1.82, 2.24) is 0 Å². The van der Waals surface area contributed by atoms with Crippen LogP contribution < -0.4 is 5.73 Å². The maximum absolute atomic E-state index is 11.8. The number of benzene rings is 1. The number of anilines is 1. The van der Waals surface area contributed by atoms with Crippen molar-refractivity contribution in [3.05, 3.63) is 28.8 Å². The van der Waals surface area contributed by atoms with Gasteiger partial charge in [0.15, 0.2) is 9.84 Å². The van der Waals surface area contributed by atoms with Gasteiger partial charge in [-0.1, -0.05) is 31.5 Å². The summed E-state index contributed by atoms with van der Waals surface area (Å²) < 4.78 is 23.6. The summed E-state index contributed by atoms with van der Waals surface area (Å²) in [7, 11) is -3.14. The van der Waals surface area contributed by atoms with E-state index in [1.807, 2.05) is 13.8 Å². The Morgan fingerprint density at radius 1 is 1.38 bits per heavy atom. The van der Waals surface area contributed by atoms with Gasteiger partial charge in [0.2, 0.25) is 0 Å². The summed E-state index contributed by atoms with van der Waals surface area (Å²) >= 11 is 5.93. The maximum Gasteiger partial charge on any atom is 0.154 e. The van der Waals surface area contributed by atoms with Gasteiger partial charge in [0.05, 0.1) is 11.5 Å². The number of hydrogen-bond acceptors (Lipinski definition) is 3. The molecule has 0 atom stereocenters. The highest BCUT2D eigenvalue weighted by molar-refractivity contribution is 7.90. The third-order valence-corrected chi connectivity index (χ3v) is 4.36. The molecule has 0 aromatic heterocycles. The summed E-state index contributed by atoms with van der Waals surface area (Å²) in [5.41, 5.74) is 6.65. The van der Waals surface area contributed by atoms with Crippen LogP contribution in [0.1, 0.15) is 19.4 Å². The summed E-state index contributed by atoms with van der Waals surface area (Å²) in [6.07, 6.45) is 0. The SMILES string of the molecule is CC(C)CS(=O)(=O)Cc1c(N)cccc1Cl. The molecule has 0 radical (unpaired) electrons. The Kier molecular flexibility index (Phi) is 4.21. The minimum absolute atomic E-state index is 0.0866. The van der Waals surface area contributed by atoms with Gasteiger partial charge in [0, 0.05) is 16.3 Å². The zero-order chi connectivity index (χ0) is 12.3. The van der Waals surface area contributed by atoms with Crippen molar-refractivity contribution in [2.45, 2.75) is 19.6 Å². The molecule has 0 fully saturated rings. The second-order valence-electron chi connectivity index (χ2n) is 4.26. The van der Waals surface area contributed by atoms with Crippen molar-refractivity contribution in [2.24, 2.45) is 5.92 Å². The molecule has 16 heavy (non-hydrogen) atoms. The zero-order valence-corrected chi connectivity index (χ0v) is 11.0. The molecule has 0 aliphatic carbocycles. The van der Waals surface area contributed by atoms with Crippen LogP contribution in [0.4, 0.5) is 5.69 Å². The summed E-state index contributed by atoms with van der Waals surface area (Å²) in [4.78, 5) is 0. The van der Waals surface area contributed by atoms with Crippen molar-refractivity contribution >= 4 is 27.1 Å². The van der Waals surface area contributed by atoms with E-state index in [-0.39, 0.29) is 17.4 Å². The van der Waals surface area contributed by atoms with Gasteiger partial charge in [-0.2, -0.15) is 0 Å². The molecular formula is C11H16ClNO2S. The average molecular weight is 262 g/mol. The Hall–Kier alpha value is -0.740. The minimum atomic E-state index is -3.14. The van der Waals surface area contributed by atoms with Crippen molar-refractivity contribution in [3.8, 4) is 0 Å². The summed E-state index contributed by atoms with van der Waals surface area (Å²) in [5.74, 6) is 0.169. The van der Waals surface area contributed by atoms with Gasteiger partial charge in [-0.05, 0) is 18.1 Å². The van der Waals surface area contributed by atoms with E-state index in [9.17, 15) is 8.42 Å². The summed E-state index contributed by atoms with van der Waals surface area (Å²) in [6.45, 7) is 3.74. The predicted molar refractivity (Wildman–Crippen MR) is 68.2 cm³/mol. The first-order valence-electron chi connectivity index (χ1n) is 5.05. The molecule has 1 aromatic carbocycles.